The largest absolute Gasteiger partial charge is 0.481 e. The SMILES string of the molecule is O=C(O)CC1(NC(=O)CCCc2ccc(Br)s2)CCCC1. The van der Waals surface area contributed by atoms with Crippen molar-refractivity contribution in [1.82, 2.24) is 5.32 Å². The Balaban J connectivity index is 1.78. The van der Waals surface area contributed by atoms with E-state index < -0.39 is 11.5 Å². The molecule has 21 heavy (non-hydrogen) atoms. The predicted octanol–water partition coefficient (Wildman–Crippen LogP) is 3.74. The summed E-state index contributed by atoms with van der Waals surface area (Å²) in [5.74, 6) is -0.852. The lowest BCUT2D eigenvalue weighted by Crippen LogP contribution is -2.47. The van der Waals surface area contributed by atoms with Gasteiger partial charge < -0.3 is 10.4 Å². The Labute approximate surface area is 137 Å². The van der Waals surface area contributed by atoms with Crippen molar-refractivity contribution in [3.05, 3.63) is 20.8 Å². The number of aryl methyl sites for hydroxylation is 1. The second-order valence-electron chi connectivity index (χ2n) is 5.67. The summed E-state index contributed by atoms with van der Waals surface area (Å²) in [7, 11) is 0. The first-order chi connectivity index (χ1) is 9.99. The number of carboxylic acid groups (broad SMARTS) is 1. The van der Waals surface area contributed by atoms with Gasteiger partial charge in [0.2, 0.25) is 5.91 Å². The van der Waals surface area contributed by atoms with E-state index in [0.717, 1.165) is 42.3 Å². The number of carbonyl (C=O) groups excluding carboxylic acids is 1. The maximum Gasteiger partial charge on any atom is 0.305 e. The van der Waals surface area contributed by atoms with Crippen LogP contribution in [0.2, 0.25) is 0 Å². The number of hydrogen-bond donors (Lipinski definition) is 2. The molecule has 1 aliphatic carbocycles. The van der Waals surface area contributed by atoms with Gasteiger partial charge >= 0.3 is 5.97 Å². The number of aliphatic carboxylic acids is 1. The van der Waals surface area contributed by atoms with Crippen molar-refractivity contribution in [2.45, 2.75) is 56.9 Å². The molecule has 1 amide bonds. The number of rotatable bonds is 7. The fourth-order valence-electron chi connectivity index (χ4n) is 2.95. The van der Waals surface area contributed by atoms with Crippen LogP contribution in [0, 0.1) is 0 Å². The standard InChI is InChI=1S/C15H20BrNO3S/c16-12-7-6-11(21-12)4-3-5-13(18)17-15(10-14(19)20)8-1-2-9-15/h6-7H,1-5,8-10H2,(H,17,18)(H,19,20). The molecule has 2 rings (SSSR count). The summed E-state index contributed by atoms with van der Waals surface area (Å²) >= 11 is 5.11. The molecule has 1 heterocycles. The molecule has 0 bridgehead atoms. The van der Waals surface area contributed by atoms with Gasteiger partial charge in [0.05, 0.1) is 15.7 Å². The van der Waals surface area contributed by atoms with E-state index in [1.165, 1.54) is 4.88 Å². The van der Waals surface area contributed by atoms with Gasteiger partial charge in [0.1, 0.15) is 0 Å². The highest BCUT2D eigenvalue weighted by atomic mass is 79.9. The fraction of sp³-hybridized carbons (Fsp3) is 0.600. The second kappa shape index (κ2) is 7.40. The minimum Gasteiger partial charge on any atom is -0.481 e. The normalized spacial score (nSPS) is 16.8. The number of halogens is 1. The molecule has 0 aliphatic heterocycles. The van der Waals surface area contributed by atoms with Crippen molar-refractivity contribution in [3.63, 3.8) is 0 Å². The van der Waals surface area contributed by atoms with Crippen LogP contribution < -0.4 is 5.32 Å². The molecule has 4 nitrogen and oxygen atoms in total. The Morgan fingerprint density at radius 3 is 2.62 bits per heavy atom. The maximum atomic E-state index is 12.1. The Bertz CT molecular complexity index is 509. The monoisotopic (exact) mass is 373 g/mol. The Morgan fingerprint density at radius 2 is 2.05 bits per heavy atom. The summed E-state index contributed by atoms with van der Waals surface area (Å²) in [6.07, 6.45) is 5.73. The van der Waals surface area contributed by atoms with Gasteiger partial charge in [0.15, 0.2) is 0 Å². The second-order valence-corrected chi connectivity index (χ2v) is 8.21. The van der Waals surface area contributed by atoms with E-state index in [9.17, 15) is 9.59 Å². The molecule has 0 aromatic carbocycles. The van der Waals surface area contributed by atoms with Crippen LogP contribution in [0.3, 0.4) is 0 Å². The Kier molecular flexibility index (Phi) is 5.81. The zero-order chi connectivity index (χ0) is 15.3. The minimum absolute atomic E-state index is 0.0197. The lowest BCUT2D eigenvalue weighted by molar-refractivity contribution is -0.139. The van der Waals surface area contributed by atoms with Crippen molar-refractivity contribution in [3.8, 4) is 0 Å². The quantitative estimate of drug-likeness (QED) is 0.764. The molecule has 1 fully saturated rings. The molecule has 0 radical (unpaired) electrons. The number of carbonyl (C=O) groups is 2. The van der Waals surface area contributed by atoms with Gasteiger partial charge in [-0.25, -0.2) is 0 Å². The molecular weight excluding hydrogens is 354 g/mol. The van der Waals surface area contributed by atoms with Gasteiger partial charge in [0, 0.05) is 11.3 Å². The first-order valence-corrected chi connectivity index (χ1v) is 8.87. The summed E-state index contributed by atoms with van der Waals surface area (Å²) < 4.78 is 1.10. The highest BCUT2D eigenvalue weighted by Crippen LogP contribution is 2.32. The molecule has 6 heteroatoms. The number of amides is 1. The number of carboxylic acids is 1. The van der Waals surface area contributed by atoms with Crippen LogP contribution in [0.5, 0.6) is 0 Å². The van der Waals surface area contributed by atoms with E-state index in [-0.39, 0.29) is 12.3 Å². The van der Waals surface area contributed by atoms with E-state index in [1.54, 1.807) is 11.3 Å². The lowest BCUT2D eigenvalue weighted by Gasteiger charge is -2.28. The van der Waals surface area contributed by atoms with Crippen LogP contribution >= 0.6 is 27.3 Å². The molecule has 1 aliphatic rings. The van der Waals surface area contributed by atoms with Crippen molar-refractivity contribution >= 4 is 39.1 Å². The zero-order valence-corrected chi connectivity index (χ0v) is 14.3. The summed E-state index contributed by atoms with van der Waals surface area (Å²) in [5.41, 5.74) is -0.505. The molecule has 0 atom stereocenters. The highest BCUT2D eigenvalue weighted by Gasteiger charge is 2.37. The first kappa shape index (κ1) is 16.5. The Morgan fingerprint density at radius 1 is 1.33 bits per heavy atom. The van der Waals surface area contributed by atoms with Gasteiger partial charge in [-0.2, -0.15) is 0 Å². The van der Waals surface area contributed by atoms with E-state index in [0.29, 0.717) is 6.42 Å². The molecule has 0 spiro atoms. The molecule has 0 saturated heterocycles. The predicted molar refractivity (Wildman–Crippen MR) is 86.6 cm³/mol. The topological polar surface area (TPSA) is 66.4 Å². The summed E-state index contributed by atoms with van der Waals surface area (Å²) in [6.45, 7) is 0. The molecule has 2 N–H and O–H groups in total. The Hall–Kier alpha value is -0.880. The minimum atomic E-state index is -0.833. The molecule has 1 saturated carbocycles. The molecule has 1 aromatic rings. The number of hydrogen-bond acceptors (Lipinski definition) is 3. The van der Waals surface area contributed by atoms with Gasteiger partial charge in [-0.15, -0.1) is 11.3 Å². The lowest BCUT2D eigenvalue weighted by atomic mass is 9.93. The van der Waals surface area contributed by atoms with E-state index in [2.05, 4.69) is 27.3 Å². The van der Waals surface area contributed by atoms with Crippen molar-refractivity contribution in [2.75, 3.05) is 0 Å². The number of thiophene rings is 1. The van der Waals surface area contributed by atoms with Gasteiger partial charge in [-0.05, 0) is 53.7 Å². The average molecular weight is 374 g/mol. The summed E-state index contributed by atoms with van der Waals surface area (Å²) in [5, 5.41) is 12.0. The molecule has 0 unspecified atom stereocenters. The van der Waals surface area contributed by atoms with Crippen LogP contribution in [0.15, 0.2) is 15.9 Å². The molecule has 1 aromatic heterocycles. The van der Waals surface area contributed by atoms with Crippen molar-refractivity contribution < 1.29 is 14.7 Å². The van der Waals surface area contributed by atoms with Crippen LogP contribution in [-0.2, 0) is 16.0 Å². The van der Waals surface area contributed by atoms with Crippen LogP contribution in [0.4, 0.5) is 0 Å². The third-order valence-electron chi connectivity index (χ3n) is 3.91. The molecular formula is C15H20BrNO3S. The third kappa shape index (κ3) is 5.11. The van der Waals surface area contributed by atoms with Crippen LogP contribution in [0.1, 0.15) is 49.8 Å². The van der Waals surface area contributed by atoms with Gasteiger partial charge in [0.25, 0.3) is 0 Å². The van der Waals surface area contributed by atoms with Crippen LogP contribution in [-0.4, -0.2) is 22.5 Å². The van der Waals surface area contributed by atoms with E-state index >= 15 is 0 Å². The highest BCUT2D eigenvalue weighted by molar-refractivity contribution is 9.11. The van der Waals surface area contributed by atoms with Gasteiger partial charge in [-0.1, -0.05) is 12.8 Å². The number of nitrogens with one attached hydrogen (secondary N) is 1. The maximum absolute atomic E-state index is 12.1. The van der Waals surface area contributed by atoms with Crippen LogP contribution in [0.25, 0.3) is 0 Å². The summed E-state index contributed by atoms with van der Waals surface area (Å²) in [6, 6.07) is 4.08. The van der Waals surface area contributed by atoms with E-state index in [1.807, 2.05) is 6.07 Å². The first-order valence-electron chi connectivity index (χ1n) is 7.26. The fourth-order valence-corrected chi connectivity index (χ4v) is 4.48. The van der Waals surface area contributed by atoms with E-state index in [4.69, 9.17) is 5.11 Å². The zero-order valence-electron chi connectivity index (χ0n) is 11.9. The van der Waals surface area contributed by atoms with Crippen molar-refractivity contribution in [2.24, 2.45) is 0 Å². The average Bonchev–Trinajstić information content (AvgIpc) is 2.98. The summed E-state index contributed by atoms with van der Waals surface area (Å²) in [4.78, 5) is 24.3. The van der Waals surface area contributed by atoms with Gasteiger partial charge in [-0.3, -0.25) is 9.59 Å². The molecule has 116 valence electrons. The third-order valence-corrected chi connectivity index (χ3v) is 5.59. The smallest absolute Gasteiger partial charge is 0.305 e. The van der Waals surface area contributed by atoms with Crippen molar-refractivity contribution in [1.29, 1.82) is 0 Å².